The van der Waals surface area contributed by atoms with Gasteiger partial charge in [-0.3, -0.25) is 9.10 Å². The number of sulfonamides is 1. The molecule has 0 aliphatic rings. The van der Waals surface area contributed by atoms with Gasteiger partial charge in [0.1, 0.15) is 0 Å². The summed E-state index contributed by atoms with van der Waals surface area (Å²) < 4.78 is 26.6. The standard InChI is InChI=1S/C24H34N2O3S/c1-5-20-14-10-15-21(6-2)24(20)26(30(4,28)29)17-11-16-23(27)25-18-19(3)22-12-8-7-9-13-22/h7-10,12-15,19H,5-6,11,16-18H2,1-4H3,(H,25,27)/t19-/m1/s1. The van der Waals surface area contributed by atoms with Gasteiger partial charge in [0, 0.05) is 19.5 Å². The number of anilines is 1. The zero-order chi connectivity index (χ0) is 22.1. The van der Waals surface area contributed by atoms with Crippen molar-refractivity contribution < 1.29 is 13.2 Å². The van der Waals surface area contributed by atoms with Crippen molar-refractivity contribution in [2.75, 3.05) is 23.7 Å². The lowest BCUT2D eigenvalue weighted by atomic mass is 10.0. The molecule has 0 bridgehead atoms. The molecule has 2 aromatic carbocycles. The van der Waals surface area contributed by atoms with E-state index in [0.29, 0.717) is 25.9 Å². The smallest absolute Gasteiger partial charge is 0.232 e. The third-order valence-electron chi connectivity index (χ3n) is 5.35. The van der Waals surface area contributed by atoms with Gasteiger partial charge in [-0.05, 0) is 41.9 Å². The van der Waals surface area contributed by atoms with E-state index in [2.05, 4.69) is 24.4 Å². The maximum absolute atomic E-state index is 12.5. The molecule has 0 radical (unpaired) electrons. The summed E-state index contributed by atoms with van der Waals surface area (Å²) in [5.74, 6) is 0.178. The lowest BCUT2D eigenvalue weighted by molar-refractivity contribution is -0.121. The average Bonchev–Trinajstić information content (AvgIpc) is 2.74. The van der Waals surface area contributed by atoms with Crippen LogP contribution in [0.2, 0.25) is 0 Å². The molecular weight excluding hydrogens is 396 g/mol. The van der Waals surface area contributed by atoms with Gasteiger partial charge in [0.15, 0.2) is 0 Å². The van der Waals surface area contributed by atoms with Crippen LogP contribution < -0.4 is 9.62 Å². The Morgan fingerprint density at radius 1 is 1.00 bits per heavy atom. The molecule has 0 saturated carbocycles. The number of rotatable bonds is 11. The van der Waals surface area contributed by atoms with Crippen LogP contribution in [0.5, 0.6) is 0 Å². The molecule has 0 heterocycles. The Kier molecular flexibility index (Phi) is 8.90. The molecule has 2 rings (SSSR count). The molecule has 1 N–H and O–H groups in total. The summed E-state index contributed by atoms with van der Waals surface area (Å²) in [5.41, 5.74) is 3.99. The Morgan fingerprint density at radius 2 is 1.60 bits per heavy atom. The van der Waals surface area contributed by atoms with E-state index < -0.39 is 10.0 Å². The predicted molar refractivity (Wildman–Crippen MR) is 124 cm³/mol. The van der Waals surface area contributed by atoms with E-state index in [9.17, 15) is 13.2 Å². The van der Waals surface area contributed by atoms with Crippen LogP contribution in [0.25, 0.3) is 0 Å². The van der Waals surface area contributed by atoms with Gasteiger partial charge in [-0.1, -0.05) is 69.3 Å². The SMILES string of the molecule is CCc1cccc(CC)c1N(CCCC(=O)NC[C@@H](C)c1ccccc1)S(C)(=O)=O. The Labute approximate surface area is 181 Å². The van der Waals surface area contributed by atoms with Crippen molar-refractivity contribution in [1.29, 1.82) is 0 Å². The van der Waals surface area contributed by atoms with E-state index in [-0.39, 0.29) is 11.8 Å². The van der Waals surface area contributed by atoms with Crippen LogP contribution in [0.4, 0.5) is 5.69 Å². The molecule has 5 nitrogen and oxygen atoms in total. The Balaban J connectivity index is 1.99. The number of hydrogen-bond donors (Lipinski definition) is 1. The van der Waals surface area contributed by atoms with E-state index in [1.165, 1.54) is 16.1 Å². The van der Waals surface area contributed by atoms with E-state index >= 15 is 0 Å². The van der Waals surface area contributed by atoms with E-state index in [0.717, 1.165) is 29.7 Å². The van der Waals surface area contributed by atoms with Gasteiger partial charge in [0.25, 0.3) is 0 Å². The number of nitrogens with one attached hydrogen (secondary N) is 1. The molecule has 1 amide bonds. The van der Waals surface area contributed by atoms with Gasteiger partial charge in [0.05, 0.1) is 11.9 Å². The topological polar surface area (TPSA) is 66.5 Å². The first-order chi connectivity index (χ1) is 14.3. The minimum absolute atomic E-state index is 0.0503. The summed E-state index contributed by atoms with van der Waals surface area (Å²) >= 11 is 0. The highest BCUT2D eigenvalue weighted by Gasteiger charge is 2.22. The van der Waals surface area contributed by atoms with Crippen molar-refractivity contribution in [3.63, 3.8) is 0 Å². The molecule has 0 aliphatic heterocycles. The molecule has 0 fully saturated rings. The summed E-state index contributed by atoms with van der Waals surface area (Å²) in [6, 6.07) is 16.0. The van der Waals surface area contributed by atoms with Gasteiger partial charge in [-0.25, -0.2) is 8.42 Å². The second kappa shape index (κ2) is 11.2. The van der Waals surface area contributed by atoms with Crippen molar-refractivity contribution in [3.05, 3.63) is 65.2 Å². The van der Waals surface area contributed by atoms with Crippen LogP contribution >= 0.6 is 0 Å². The quantitative estimate of drug-likeness (QED) is 0.579. The van der Waals surface area contributed by atoms with Crippen molar-refractivity contribution in [2.45, 2.75) is 52.4 Å². The third kappa shape index (κ3) is 6.59. The highest BCUT2D eigenvalue weighted by molar-refractivity contribution is 7.92. The van der Waals surface area contributed by atoms with Crippen molar-refractivity contribution in [3.8, 4) is 0 Å². The summed E-state index contributed by atoms with van der Waals surface area (Å²) in [5, 5.41) is 2.97. The fourth-order valence-electron chi connectivity index (χ4n) is 3.62. The molecule has 0 saturated heterocycles. The van der Waals surface area contributed by atoms with Gasteiger partial charge in [-0.2, -0.15) is 0 Å². The highest BCUT2D eigenvalue weighted by Crippen LogP contribution is 2.29. The molecule has 1 atom stereocenters. The minimum Gasteiger partial charge on any atom is -0.356 e. The molecule has 30 heavy (non-hydrogen) atoms. The van der Waals surface area contributed by atoms with Crippen LogP contribution in [-0.4, -0.2) is 33.7 Å². The number of carbonyl (C=O) groups excluding carboxylic acids is 1. The number of aryl methyl sites for hydroxylation is 2. The fourth-order valence-corrected chi connectivity index (χ4v) is 4.64. The largest absolute Gasteiger partial charge is 0.356 e. The zero-order valence-corrected chi connectivity index (χ0v) is 19.3. The highest BCUT2D eigenvalue weighted by atomic mass is 32.2. The Morgan fingerprint density at radius 3 is 2.13 bits per heavy atom. The van der Waals surface area contributed by atoms with Gasteiger partial charge >= 0.3 is 0 Å². The summed E-state index contributed by atoms with van der Waals surface area (Å²) in [4.78, 5) is 12.3. The second-order valence-electron chi connectivity index (χ2n) is 7.69. The van der Waals surface area contributed by atoms with Crippen molar-refractivity contribution in [1.82, 2.24) is 5.32 Å². The zero-order valence-electron chi connectivity index (χ0n) is 18.5. The van der Waals surface area contributed by atoms with Crippen LogP contribution in [-0.2, 0) is 27.7 Å². The van der Waals surface area contributed by atoms with E-state index in [1.54, 1.807) is 0 Å². The van der Waals surface area contributed by atoms with Crippen LogP contribution in [0, 0.1) is 0 Å². The number of amides is 1. The van der Waals surface area contributed by atoms with Crippen LogP contribution in [0.3, 0.4) is 0 Å². The Bertz CT molecular complexity index is 904. The Hall–Kier alpha value is -2.34. The number of carbonyl (C=O) groups is 1. The average molecular weight is 431 g/mol. The van der Waals surface area contributed by atoms with Crippen molar-refractivity contribution >= 4 is 21.6 Å². The third-order valence-corrected chi connectivity index (χ3v) is 6.52. The molecule has 0 aliphatic carbocycles. The summed E-state index contributed by atoms with van der Waals surface area (Å²) in [6.45, 7) is 7.00. The first-order valence-corrected chi connectivity index (χ1v) is 12.5. The lowest BCUT2D eigenvalue weighted by Gasteiger charge is -2.27. The fraction of sp³-hybridized carbons (Fsp3) is 0.458. The molecule has 2 aromatic rings. The van der Waals surface area contributed by atoms with Crippen LogP contribution in [0.15, 0.2) is 48.5 Å². The number of hydrogen-bond acceptors (Lipinski definition) is 3. The first-order valence-electron chi connectivity index (χ1n) is 10.7. The molecule has 0 unspecified atom stereocenters. The monoisotopic (exact) mass is 430 g/mol. The number of benzene rings is 2. The number of nitrogens with zero attached hydrogens (tertiary/aromatic N) is 1. The van der Waals surface area contributed by atoms with Gasteiger partial charge in [-0.15, -0.1) is 0 Å². The molecule has 164 valence electrons. The molecule has 0 aromatic heterocycles. The van der Waals surface area contributed by atoms with E-state index in [4.69, 9.17) is 0 Å². The minimum atomic E-state index is -3.44. The maximum atomic E-state index is 12.5. The molecule has 6 heteroatoms. The number of para-hydroxylation sites is 1. The normalized spacial score (nSPS) is 12.4. The van der Waals surface area contributed by atoms with Gasteiger partial charge in [0.2, 0.25) is 15.9 Å². The van der Waals surface area contributed by atoms with Crippen molar-refractivity contribution in [2.24, 2.45) is 0 Å². The van der Waals surface area contributed by atoms with Crippen LogP contribution in [0.1, 0.15) is 56.2 Å². The lowest BCUT2D eigenvalue weighted by Crippen LogP contribution is -2.34. The molecule has 0 spiro atoms. The first kappa shape index (κ1) is 23.9. The van der Waals surface area contributed by atoms with E-state index in [1.807, 2.05) is 50.2 Å². The summed E-state index contributed by atoms with van der Waals surface area (Å²) in [6.07, 6.45) is 3.52. The summed E-state index contributed by atoms with van der Waals surface area (Å²) in [7, 11) is -3.44. The van der Waals surface area contributed by atoms with Gasteiger partial charge < -0.3 is 5.32 Å². The molecular formula is C24H34N2O3S. The maximum Gasteiger partial charge on any atom is 0.232 e. The second-order valence-corrected chi connectivity index (χ2v) is 9.59. The predicted octanol–water partition coefficient (Wildman–Crippen LogP) is 4.28.